The number of allylic oxidation sites excluding steroid dienone is 4. The second-order valence-corrected chi connectivity index (χ2v) is 18.3. The van der Waals surface area contributed by atoms with Crippen molar-refractivity contribution < 1.29 is 56.8 Å². The molecule has 0 aromatic heterocycles. The van der Waals surface area contributed by atoms with Crippen LogP contribution >= 0.6 is 0 Å². The fourth-order valence-corrected chi connectivity index (χ4v) is 7.95. The Balaban J connectivity index is 2.41. The standard InChI is InChI=1S/C47H86O12S/c1-3-5-7-9-11-13-15-17-18-19-20-21-22-24-26-28-30-32-34-36-43(49)58-40(38-57-47-46(52)45(51)44(50)41(59-47)39-60(53,54)55)37-56-42(48)35-33-31-29-27-25-23-16-14-12-10-8-6-4-2/h14,16-18,40-41,44-47,50-52H,3-13,15,19-39H2,1-2H3,(H,53,54,55)/b16-14+,18-17+/t40-,41-,44-,45?,46?,47+/m1/s1. The van der Waals surface area contributed by atoms with Crippen molar-refractivity contribution >= 4 is 22.1 Å². The number of aliphatic hydroxyl groups excluding tert-OH is 3. The molecule has 0 saturated carbocycles. The number of ether oxygens (including phenoxy) is 4. The SMILES string of the molecule is CCCCCC/C=C/CCCCCCCC(=O)OC[C@H](CO[C@H]1O[C@H](CS(=O)(=O)O)[C@@H](O)C(O)C1O)OC(=O)CCCCCCCCCCC/C=C/CCCCCCCC. The smallest absolute Gasteiger partial charge is 0.306 e. The van der Waals surface area contributed by atoms with Gasteiger partial charge in [0, 0.05) is 12.8 Å². The van der Waals surface area contributed by atoms with Crippen LogP contribution < -0.4 is 0 Å². The molecule has 1 fully saturated rings. The highest BCUT2D eigenvalue weighted by Gasteiger charge is 2.46. The lowest BCUT2D eigenvalue weighted by Crippen LogP contribution is -2.60. The summed E-state index contributed by atoms with van der Waals surface area (Å²) in [6, 6.07) is 0. The van der Waals surface area contributed by atoms with Crippen molar-refractivity contribution in [3.8, 4) is 0 Å². The molecule has 2 unspecified atom stereocenters. The van der Waals surface area contributed by atoms with Gasteiger partial charge in [0.15, 0.2) is 12.4 Å². The normalized spacial score (nSPS) is 20.3. The van der Waals surface area contributed by atoms with Crippen LogP contribution in [0.2, 0.25) is 0 Å². The van der Waals surface area contributed by atoms with E-state index in [9.17, 15) is 37.9 Å². The van der Waals surface area contributed by atoms with Crippen molar-refractivity contribution in [2.75, 3.05) is 19.0 Å². The Labute approximate surface area is 364 Å². The lowest BCUT2D eigenvalue weighted by molar-refractivity contribution is -0.297. The van der Waals surface area contributed by atoms with Crippen molar-refractivity contribution in [1.82, 2.24) is 0 Å². The largest absolute Gasteiger partial charge is 0.462 e. The minimum absolute atomic E-state index is 0.162. The van der Waals surface area contributed by atoms with E-state index in [1.54, 1.807) is 0 Å². The average molecular weight is 875 g/mol. The van der Waals surface area contributed by atoms with Gasteiger partial charge in [-0.1, -0.05) is 154 Å². The average Bonchev–Trinajstić information content (AvgIpc) is 3.21. The maximum atomic E-state index is 12.8. The van der Waals surface area contributed by atoms with Crippen LogP contribution in [0.25, 0.3) is 0 Å². The molecule has 0 aromatic carbocycles. The molecule has 12 nitrogen and oxygen atoms in total. The van der Waals surface area contributed by atoms with Gasteiger partial charge in [0.2, 0.25) is 0 Å². The summed E-state index contributed by atoms with van der Waals surface area (Å²) in [5, 5.41) is 30.9. The number of unbranched alkanes of at least 4 members (excludes halogenated alkanes) is 24. The number of rotatable bonds is 40. The van der Waals surface area contributed by atoms with E-state index in [0.29, 0.717) is 12.8 Å². The summed E-state index contributed by atoms with van der Waals surface area (Å²) in [5.74, 6) is -1.99. The van der Waals surface area contributed by atoms with Gasteiger partial charge in [-0.15, -0.1) is 0 Å². The topological polar surface area (TPSA) is 186 Å². The van der Waals surface area contributed by atoms with Crippen molar-refractivity contribution in [2.24, 2.45) is 0 Å². The van der Waals surface area contributed by atoms with Crippen LogP contribution in [-0.2, 0) is 38.7 Å². The number of esters is 2. The molecule has 0 spiro atoms. The first kappa shape index (κ1) is 56.1. The molecular formula is C47H86O12S. The van der Waals surface area contributed by atoms with Crippen LogP contribution in [-0.4, -0.2) is 96.0 Å². The van der Waals surface area contributed by atoms with Crippen LogP contribution in [0.1, 0.15) is 206 Å². The zero-order valence-corrected chi connectivity index (χ0v) is 38.4. The minimum Gasteiger partial charge on any atom is -0.462 e. The molecule has 0 aliphatic carbocycles. The molecule has 4 N–H and O–H groups in total. The predicted octanol–water partition coefficient (Wildman–Crippen LogP) is 10.0. The Morgan fingerprint density at radius 1 is 0.550 bits per heavy atom. The Kier molecular flexibility index (Phi) is 35.2. The molecule has 0 bridgehead atoms. The molecule has 1 aliphatic heterocycles. The molecule has 0 aromatic rings. The summed E-state index contributed by atoms with van der Waals surface area (Å²) in [6.45, 7) is 3.74. The van der Waals surface area contributed by atoms with Crippen molar-refractivity contribution in [3.63, 3.8) is 0 Å². The second kappa shape index (κ2) is 37.7. The monoisotopic (exact) mass is 875 g/mol. The molecule has 60 heavy (non-hydrogen) atoms. The molecular weight excluding hydrogens is 789 g/mol. The Bertz CT molecular complexity index is 1210. The highest BCUT2D eigenvalue weighted by atomic mass is 32.2. The molecule has 352 valence electrons. The van der Waals surface area contributed by atoms with Gasteiger partial charge in [0.25, 0.3) is 10.1 Å². The molecule has 0 amide bonds. The summed E-state index contributed by atoms with van der Waals surface area (Å²) in [7, 11) is -4.60. The first-order chi connectivity index (χ1) is 29.0. The maximum absolute atomic E-state index is 12.8. The van der Waals surface area contributed by atoms with Gasteiger partial charge in [-0.3, -0.25) is 14.1 Å². The Morgan fingerprint density at radius 3 is 1.40 bits per heavy atom. The van der Waals surface area contributed by atoms with E-state index >= 15 is 0 Å². The molecule has 13 heteroatoms. The summed E-state index contributed by atoms with van der Waals surface area (Å²) in [6.07, 6.45) is 32.2. The summed E-state index contributed by atoms with van der Waals surface area (Å²) in [4.78, 5) is 25.4. The number of carbonyl (C=O) groups is 2. The van der Waals surface area contributed by atoms with E-state index < -0.39 is 71.2 Å². The van der Waals surface area contributed by atoms with E-state index in [1.165, 1.54) is 109 Å². The number of hydrogen-bond acceptors (Lipinski definition) is 11. The van der Waals surface area contributed by atoms with Gasteiger partial charge < -0.3 is 34.3 Å². The van der Waals surface area contributed by atoms with Crippen LogP contribution in [0, 0.1) is 0 Å². The van der Waals surface area contributed by atoms with Crippen molar-refractivity contribution in [3.05, 3.63) is 24.3 Å². The summed E-state index contributed by atoms with van der Waals surface area (Å²) >= 11 is 0. The molecule has 6 atom stereocenters. The molecule has 0 radical (unpaired) electrons. The summed E-state index contributed by atoms with van der Waals surface area (Å²) in [5.41, 5.74) is 0. The zero-order valence-electron chi connectivity index (χ0n) is 37.6. The van der Waals surface area contributed by atoms with Crippen molar-refractivity contribution in [1.29, 1.82) is 0 Å². The van der Waals surface area contributed by atoms with E-state index in [-0.39, 0.29) is 19.4 Å². The molecule has 1 saturated heterocycles. The lowest BCUT2D eigenvalue weighted by atomic mass is 10.00. The lowest BCUT2D eigenvalue weighted by Gasteiger charge is -2.40. The quantitative estimate of drug-likeness (QED) is 0.0198. The number of hydrogen-bond donors (Lipinski definition) is 4. The van der Waals surface area contributed by atoms with E-state index in [0.717, 1.165) is 57.8 Å². The second-order valence-electron chi connectivity index (χ2n) is 16.8. The van der Waals surface area contributed by atoms with E-state index in [4.69, 9.17) is 18.9 Å². The van der Waals surface area contributed by atoms with Gasteiger partial charge in [0.1, 0.15) is 36.8 Å². The number of carbonyl (C=O) groups excluding carboxylic acids is 2. The van der Waals surface area contributed by atoms with Crippen LogP contribution in [0.4, 0.5) is 0 Å². The molecule has 1 heterocycles. The first-order valence-electron chi connectivity index (χ1n) is 23.9. The fraction of sp³-hybridized carbons (Fsp3) is 0.872. The van der Waals surface area contributed by atoms with Gasteiger partial charge in [-0.2, -0.15) is 8.42 Å². The predicted molar refractivity (Wildman–Crippen MR) is 238 cm³/mol. The minimum atomic E-state index is -4.60. The zero-order chi connectivity index (χ0) is 44.1. The Morgan fingerprint density at radius 2 is 0.950 bits per heavy atom. The molecule has 1 rings (SSSR count). The van der Waals surface area contributed by atoms with E-state index in [2.05, 4.69) is 38.2 Å². The first-order valence-corrected chi connectivity index (χ1v) is 25.5. The van der Waals surface area contributed by atoms with Gasteiger partial charge in [-0.25, -0.2) is 0 Å². The highest BCUT2D eigenvalue weighted by Crippen LogP contribution is 2.24. The van der Waals surface area contributed by atoms with Crippen molar-refractivity contribution in [2.45, 2.75) is 243 Å². The third-order valence-corrected chi connectivity index (χ3v) is 11.8. The van der Waals surface area contributed by atoms with Gasteiger partial charge in [-0.05, 0) is 64.2 Å². The molecule has 1 aliphatic rings. The third kappa shape index (κ3) is 31.9. The van der Waals surface area contributed by atoms with E-state index in [1.807, 2.05) is 0 Å². The third-order valence-electron chi connectivity index (χ3n) is 11.0. The van der Waals surface area contributed by atoms with Gasteiger partial charge in [0.05, 0.1) is 6.61 Å². The fourth-order valence-electron chi connectivity index (χ4n) is 7.25. The Hall–Kier alpha value is -1.87. The van der Waals surface area contributed by atoms with Crippen LogP contribution in [0.3, 0.4) is 0 Å². The number of aliphatic hydroxyl groups is 3. The van der Waals surface area contributed by atoms with Gasteiger partial charge >= 0.3 is 11.9 Å². The summed E-state index contributed by atoms with van der Waals surface area (Å²) < 4.78 is 54.1. The highest BCUT2D eigenvalue weighted by molar-refractivity contribution is 7.85. The maximum Gasteiger partial charge on any atom is 0.306 e. The van der Waals surface area contributed by atoms with Crippen LogP contribution in [0.15, 0.2) is 24.3 Å². The van der Waals surface area contributed by atoms with Crippen LogP contribution in [0.5, 0.6) is 0 Å².